The summed E-state index contributed by atoms with van der Waals surface area (Å²) in [6.45, 7) is 10.4. The van der Waals surface area contributed by atoms with Gasteiger partial charge in [-0.05, 0) is 48.6 Å². The lowest BCUT2D eigenvalue weighted by molar-refractivity contribution is 0.213. The van der Waals surface area contributed by atoms with E-state index in [0.717, 1.165) is 23.5 Å². The van der Waals surface area contributed by atoms with Gasteiger partial charge in [0.1, 0.15) is 24.7 Å². The highest BCUT2D eigenvalue weighted by Gasteiger charge is 2.19. The molecule has 2 rings (SSSR count). The fourth-order valence-electron chi connectivity index (χ4n) is 2.67. The van der Waals surface area contributed by atoms with Crippen molar-refractivity contribution in [2.45, 2.75) is 39.5 Å². The van der Waals surface area contributed by atoms with Crippen molar-refractivity contribution < 1.29 is 9.47 Å². The maximum absolute atomic E-state index is 5.99. The van der Waals surface area contributed by atoms with Crippen LogP contribution < -0.4 is 15.2 Å². The molecule has 0 unspecified atom stereocenters. The zero-order valence-corrected chi connectivity index (χ0v) is 15.3. The predicted molar refractivity (Wildman–Crippen MR) is 100 cm³/mol. The van der Waals surface area contributed by atoms with Crippen LogP contribution in [0.15, 0.2) is 42.5 Å². The number of ether oxygens (including phenoxy) is 2. The van der Waals surface area contributed by atoms with Crippen LogP contribution in [0.3, 0.4) is 0 Å². The van der Waals surface area contributed by atoms with Crippen molar-refractivity contribution in [3.05, 3.63) is 59.2 Å². The van der Waals surface area contributed by atoms with Gasteiger partial charge in [-0.2, -0.15) is 0 Å². The van der Waals surface area contributed by atoms with Crippen LogP contribution in [0.2, 0.25) is 0 Å². The highest BCUT2D eigenvalue weighted by Crippen LogP contribution is 2.32. The lowest BCUT2D eigenvalue weighted by Crippen LogP contribution is -2.16. The molecule has 2 aromatic rings. The van der Waals surface area contributed by atoms with Crippen molar-refractivity contribution in [2.24, 2.45) is 5.73 Å². The average Bonchev–Trinajstić information content (AvgIpc) is 2.53. The molecule has 0 saturated heterocycles. The molecule has 0 radical (unpaired) electrons. The first-order valence-electron chi connectivity index (χ1n) is 8.56. The first-order chi connectivity index (χ1) is 11.4. The smallest absolute Gasteiger partial charge is 0.123 e. The van der Waals surface area contributed by atoms with E-state index in [1.165, 1.54) is 11.1 Å². The van der Waals surface area contributed by atoms with Crippen molar-refractivity contribution >= 4 is 0 Å². The van der Waals surface area contributed by atoms with E-state index in [0.29, 0.717) is 19.8 Å². The lowest BCUT2D eigenvalue weighted by atomic mass is 9.85. The van der Waals surface area contributed by atoms with Gasteiger partial charge in [0, 0.05) is 0 Å². The SMILES string of the molecule is Cc1ccc(OCCOc2ccccc2CCN)c(C(C)(C)C)c1. The molecule has 0 aliphatic heterocycles. The second-order valence-electron chi connectivity index (χ2n) is 7.09. The van der Waals surface area contributed by atoms with Gasteiger partial charge < -0.3 is 15.2 Å². The van der Waals surface area contributed by atoms with Crippen LogP contribution in [0.4, 0.5) is 0 Å². The monoisotopic (exact) mass is 327 g/mol. The summed E-state index contributed by atoms with van der Waals surface area (Å²) in [5, 5.41) is 0. The lowest BCUT2D eigenvalue weighted by Gasteiger charge is -2.23. The van der Waals surface area contributed by atoms with Crippen LogP contribution in [0.5, 0.6) is 11.5 Å². The van der Waals surface area contributed by atoms with Crippen LogP contribution in [0.25, 0.3) is 0 Å². The van der Waals surface area contributed by atoms with Gasteiger partial charge in [-0.3, -0.25) is 0 Å². The molecule has 24 heavy (non-hydrogen) atoms. The molecule has 0 amide bonds. The van der Waals surface area contributed by atoms with E-state index < -0.39 is 0 Å². The molecule has 0 heterocycles. The second-order valence-corrected chi connectivity index (χ2v) is 7.09. The quantitative estimate of drug-likeness (QED) is 0.773. The van der Waals surface area contributed by atoms with E-state index >= 15 is 0 Å². The molecular weight excluding hydrogens is 298 g/mol. The fraction of sp³-hybridized carbons (Fsp3) is 0.429. The number of aryl methyl sites for hydroxylation is 1. The third-order valence-electron chi connectivity index (χ3n) is 3.93. The molecule has 2 N–H and O–H groups in total. The molecule has 0 fully saturated rings. The van der Waals surface area contributed by atoms with Gasteiger partial charge in [-0.1, -0.05) is 56.7 Å². The van der Waals surface area contributed by atoms with Gasteiger partial charge in [0.2, 0.25) is 0 Å². The summed E-state index contributed by atoms with van der Waals surface area (Å²) in [5.74, 6) is 1.83. The van der Waals surface area contributed by atoms with Gasteiger partial charge in [-0.15, -0.1) is 0 Å². The van der Waals surface area contributed by atoms with E-state index in [9.17, 15) is 0 Å². The summed E-state index contributed by atoms with van der Waals surface area (Å²) >= 11 is 0. The predicted octanol–water partition coefficient (Wildman–Crippen LogP) is 4.25. The largest absolute Gasteiger partial charge is 0.490 e. The fourth-order valence-corrected chi connectivity index (χ4v) is 2.67. The minimum Gasteiger partial charge on any atom is -0.490 e. The molecule has 0 spiro atoms. The van der Waals surface area contributed by atoms with Crippen molar-refractivity contribution in [3.63, 3.8) is 0 Å². The molecule has 130 valence electrons. The summed E-state index contributed by atoms with van der Waals surface area (Å²) in [4.78, 5) is 0. The topological polar surface area (TPSA) is 44.5 Å². The molecular formula is C21H29NO2. The normalized spacial score (nSPS) is 11.4. The summed E-state index contributed by atoms with van der Waals surface area (Å²) in [5.41, 5.74) is 9.32. The Labute approximate surface area is 145 Å². The molecule has 3 heteroatoms. The standard InChI is InChI=1S/C21H29NO2/c1-16-9-10-20(18(15-16)21(2,3)4)24-14-13-23-19-8-6-5-7-17(19)11-12-22/h5-10,15H,11-14,22H2,1-4H3. The molecule has 0 atom stereocenters. The molecule has 2 aromatic carbocycles. The van der Waals surface area contributed by atoms with Crippen LogP contribution in [0.1, 0.15) is 37.5 Å². The molecule has 3 nitrogen and oxygen atoms in total. The van der Waals surface area contributed by atoms with Gasteiger partial charge in [0.25, 0.3) is 0 Å². The van der Waals surface area contributed by atoms with Crippen molar-refractivity contribution in [1.82, 2.24) is 0 Å². The number of nitrogens with two attached hydrogens (primary N) is 1. The average molecular weight is 327 g/mol. The Hall–Kier alpha value is -2.00. The Morgan fingerprint density at radius 1 is 0.917 bits per heavy atom. The Kier molecular flexibility index (Phi) is 6.27. The summed E-state index contributed by atoms with van der Waals surface area (Å²) in [6, 6.07) is 14.4. The minimum absolute atomic E-state index is 0.0515. The molecule has 0 saturated carbocycles. The van der Waals surface area contributed by atoms with E-state index in [1.54, 1.807) is 0 Å². The van der Waals surface area contributed by atoms with Gasteiger partial charge in [0.15, 0.2) is 0 Å². The zero-order valence-electron chi connectivity index (χ0n) is 15.3. The first-order valence-corrected chi connectivity index (χ1v) is 8.56. The van der Waals surface area contributed by atoms with Crippen molar-refractivity contribution in [3.8, 4) is 11.5 Å². The Morgan fingerprint density at radius 2 is 1.58 bits per heavy atom. The Balaban J connectivity index is 1.96. The summed E-state index contributed by atoms with van der Waals surface area (Å²) in [7, 11) is 0. The molecule has 0 aliphatic rings. The molecule has 0 aromatic heterocycles. The number of benzene rings is 2. The molecule has 0 aliphatic carbocycles. The van der Waals surface area contributed by atoms with Gasteiger partial charge in [0.05, 0.1) is 0 Å². The van der Waals surface area contributed by atoms with E-state index in [4.69, 9.17) is 15.2 Å². The highest BCUT2D eigenvalue weighted by atomic mass is 16.5. The second kappa shape index (κ2) is 8.20. The molecule has 0 bridgehead atoms. The number of hydrogen-bond acceptors (Lipinski definition) is 3. The number of hydrogen-bond donors (Lipinski definition) is 1. The Bertz CT molecular complexity index is 659. The van der Waals surface area contributed by atoms with Crippen LogP contribution >= 0.6 is 0 Å². The number of para-hydroxylation sites is 1. The first kappa shape index (κ1) is 18.3. The highest BCUT2D eigenvalue weighted by molar-refractivity contribution is 5.41. The van der Waals surface area contributed by atoms with E-state index in [2.05, 4.69) is 52.0 Å². The maximum Gasteiger partial charge on any atom is 0.123 e. The Morgan fingerprint density at radius 3 is 2.25 bits per heavy atom. The van der Waals surface area contributed by atoms with Crippen LogP contribution in [0, 0.1) is 6.92 Å². The maximum atomic E-state index is 5.99. The van der Waals surface area contributed by atoms with E-state index in [1.807, 2.05) is 18.2 Å². The van der Waals surface area contributed by atoms with Crippen LogP contribution in [-0.4, -0.2) is 19.8 Å². The third kappa shape index (κ3) is 5.00. The van der Waals surface area contributed by atoms with Gasteiger partial charge in [-0.25, -0.2) is 0 Å². The zero-order chi connectivity index (χ0) is 17.6. The number of rotatable bonds is 7. The van der Waals surface area contributed by atoms with E-state index in [-0.39, 0.29) is 5.41 Å². The summed E-state index contributed by atoms with van der Waals surface area (Å²) in [6.07, 6.45) is 0.823. The third-order valence-corrected chi connectivity index (χ3v) is 3.93. The summed E-state index contributed by atoms with van der Waals surface area (Å²) < 4.78 is 11.9. The van der Waals surface area contributed by atoms with Crippen molar-refractivity contribution in [2.75, 3.05) is 19.8 Å². The van der Waals surface area contributed by atoms with Gasteiger partial charge >= 0.3 is 0 Å². The minimum atomic E-state index is 0.0515. The van der Waals surface area contributed by atoms with Crippen molar-refractivity contribution in [1.29, 1.82) is 0 Å². The van der Waals surface area contributed by atoms with Crippen LogP contribution in [-0.2, 0) is 11.8 Å².